The Kier molecular flexibility index (Phi) is 6.28. The first-order valence-electron chi connectivity index (χ1n) is 12.5. The van der Waals surface area contributed by atoms with Gasteiger partial charge in [-0.05, 0) is 52.4 Å². The lowest BCUT2D eigenvalue weighted by molar-refractivity contribution is -0.138. The van der Waals surface area contributed by atoms with Crippen LogP contribution in [0, 0.1) is 23.1 Å². The highest BCUT2D eigenvalue weighted by molar-refractivity contribution is 6.34. The van der Waals surface area contributed by atoms with Gasteiger partial charge in [-0.25, -0.2) is 4.39 Å². The SMILES string of the molecule is CN(C)[C@@H]1C(O)=C(C(N)=O)C(=N)[C@@]2(O)C(=O)C3=C(O)c4c(O)c(NC(=O)CN5CCC5)cc(F)c4C[C@H]3C[C@@H]12. The van der Waals surface area contributed by atoms with Crippen LogP contribution in [0.1, 0.15) is 24.0 Å². The number of aliphatic hydroxyl groups excluding tert-OH is 2. The van der Waals surface area contributed by atoms with Crippen molar-refractivity contribution in [2.45, 2.75) is 30.9 Å². The average Bonchev–Trinajstić information content (AvgIpc) is 2.81. The molecule has 1 saturated heterocycles. The second kappa shape index (κ2) is 9.14. The summed E-state index contributed by atoms with van der Waals surface area (Å²) in [5.41, 5.74) is 0.0483. The maximum atomic E-state index is 15.3. The Morgan fingerprint density at radius 2 is 1.95 bits per heavy atom. The molecule has 1 aromatic rings. The number of halogens is 1. The number of Topliss-reactive ketones (excluding diaryl/α,β-unsaturated/α-hetero) is 1. The van der Waals surface area contributed by atoms with Crippen molar-refractivity contribution in [3.63, 3.8) is 0 Å². The quantitative estimate of drug-likeness (QED) is 0.253. The molecule has 3 aliphatic carbocycles. The minimum absolute atomic E-state index is 0.0396. The molecule has 4 atom stereocenters. The molecule has 1 heterocycles. The fraction of sp³-hybridized carbons (Fsp3) is 0.462. The topological polar surface area (TPSA) is 201 Å². The van der Waals surface area contributed by atoms with Gasteiger partial charge in [0.2, 0.25) is 11.7 Å². The van der Waals surface area contributed by atoms with Gasteiger partial charge >= 0.3 is 0 Å². The van der Waals surface area contributed by atoms with Gasteiger partial charge < -0.3 is 36.9 Å². The fourth-order valence-corrected chi connectivity index (χ4v) is 6.35. The number of aliphatic hydroxyl groups is 3. The molecule has 2 fully saturated rings. The second-order valence-electron chi connectivity index (χ2n) is 10.8. The number of nitrogens with two attached hydrogens (primary N) is 1. The molecule has 13 heteroatoms. The molecule has 0 unspecified atom stereocenters. The zero-order chi connectivity index (χ0) is 28.5. The standard InChI is InChI=1S/C26H30FN5O7/c1-31(2)19-12-7-10-6-11-13(27)8-14(30-15(33)9-32-4-3-5-32)20(34)17(11)21(35)16(10)24(37)26(12,39)23(28)18(22(19)36)25(29)38/h8,10,12,19,28,34-36,39H,3-7,9H2,1-2H3,(H2,29,38)(H,30,33)/t10-,12-,19-,26+/m0/s1. The van der Waals surface area contributed by atoms with E-state index in [1.165, 1.54) is 4.90 Å². The smallest absolute Gasteiger partial charge is 0.254 e. The number of hydrogen-bond acceptors (Lipinski definition) is 10. The molecule has 39 heavy (non-hydrogen) atoms. The molecule has 0 radical (unpaired) electrons. The molecule has 2 amide bonds. The maximum Gasteiger partial charge on any atom is 0.254 e. The Hall–Kier alpha value is -3.81. The second-order valence-corrected chi connectivity index (χ2v) is 10.8. The van der Waals surface area contributed by atoms with Crippen molar-refractivity contribution in [1.82, 2.24) is 9.80 Å². The Balaban J connectivity index is 1.60. The first-order chi connectivity index (χ1) is 18.3. The number of likely N-dealkylation sites (N-methyl/N-ethyl adjacent to an activating group) is 1. The number of likely N-dealkylation sites (tertiary alicyclic amines) is 1. The van der Waals surface area contributed by atoms with E-state index in [4.69, 9.17) is 11.1 Å². The van der Waals surface area contributed by atoms with E-state index < -0.39 is 81.0 Å². The molecular formula is C26H30FN5O7. The van der Waals surface area contributed by atoms with Crippen LogP contribution in [-0.4, -0.2) is 98.9 Å². The summed E-state index contributed by atoms with van der Waals surface area (Å²) in [4.78, 5) is 41.7. The van der Waals surface area contributed by atoms with Crippen LogP contribution in [0.25, 0.3) is 5.76 Å². The number of ketones is 1. The molecule has 4 aliphatic rings. The van der Waals surface area contributed by atoms with Crippen LogP contribution in [0.5, 0.6) is 5.75 Å². The van der Waals surface area contributed by atoms with Crippen LogP contribution in [0.4, 0.5) is 10.1 Å². The number of anilines is 1. The van der Waals surface area contributed by atoms with E-state index in [-0.39, 0.29) is 36.2 Å². The maximum absolute atomic E-state index is 15.3. The van der Waals surface area contributed by atoms with Gasteiger partial charge in [0.05, 0.1) is 29.5 Å². The number of fused-ring (bicyclic) bond motifs is 3. The van der Waals surface area contributed by atoms with Crippen LogP contribution in [0.15, 0.2) is 23.0 Å². The van der Waals surface area contributed by atoms with Gasteiger partial charge in [-0.3, -0.25) is 24.2 Å². The Bertz CT molecular complexity index is 1400. The predicted molar refractivity (Wildman–Crippen MR) is 137 cm³/mol. The summed E-state index contributed by atoms with van der Waals surface area (Å²) in [6.45, 7) is 1.52. The zero-order valence-corrected chi connectivity index (χ0v) is 21.4. The number of amides is 2. The summed E-state index contributed by atoms with van der Waals surface area (Å²) in [5.74, 6) is -7.60. The van der Waals surface area contributed by atoms with Gasteiger partial charge in [-0.15, -0.1) is 0 Å². The number of hydrogen-bond donors (Lipinski definition) is 7. The van der Waals surface area contributed by atoms with E-state index >= 15 is 4.39 Å². The summed E-state index contributed by atoms with van der Waals surface area (Å²) < 4.78 is 15.3. The van der Waals surface area contributed by atoms with E-state index in [1.54, 1.807) is 14.1 Å². The number of primary amides is 1. The Morgan fingerprint density at radius 1 is 1.28 bits per heavy atom. The molecule has 8 N–H and O–H groups in total. The first kappa shape index (κ1) is 26.8. The van der Waals surface area contributed by atoms with E-state index in [9.17, 15) is 34.8 Å². The molecule has 0 aromatic heterocycles. The highest BCUT2D eigenvalue weighted by Crippen LogP contribution is 2.53. The third-order valence-corrected chi connectivity index (χ3v) is 8.31. The molecule has 0 spiro atoms. The molecule has 1 aliphatic heterocycles. The highest BCUT2D eigenvalue weighted by Gasteiger charge is 2.63. The third kappa shape index (κ3) is 3.83. The highest BCUT2D eigenvalue weighted by atomic mass is 19.1. The predicted octanol–water partition coefficient (Wildman–Crippen LogP) is 0.198. The third-order valence-electron chi connectivity index (χ3n) is 8.31. The van der Waals surface area contributed by atoms with Gasteiger partial charge in [0.1, 0.15) is 22.9 Å². The Labute approximate surface area is 222 Å². The van der Waals surface area contributed by atoms with Crippen LogP contribution in [-0.2, 0) is 20.8 Å². The minimum atomic E-state index is -2.64. The molecule has 208 valence electrons. The van der Waals surface area contributed by atoms with Gasteiger partial charge in [0.15, 0.2) is 11.4 Å². The van der Waals surface area contributed by atoms with E-state index in [1.807, 2.05) is 4.90 Å². The number of rotatable bonds is 5. The molecule has 12 nitrogen and oxygen atoms in total. The summed E-state index contributed by atoms with van der Waals surface area (Å²) >= 11 is 0. The fourth-order valence-electron chi connectivity index (χ4n) is 6.35. The Morgan fingerprint density at radius 3 is 2.51 bits per heavy atom. The molecule has 1 aromatic carbocycles. The van der Waals surface area contributed by atoms with Gasteiger partial charge in [-0.2, -0.15) is 0 Å². The molecule has 1 saturated carbocycles. The summed E-state index contributed by atoms with van der Waals surface area (Å²) in [5, 5.41) is 55.7. The zero-order valence-electron chi connectivity index (χ0n) is 21.4. The van der Waals surface area contributed by atoms with Crippen LogP contribution in [0.3, 0.4) is 0 Å². The number of phenolic OH excluding ortho intramolecular Hbond substituents is 1. The lowest BCUT2D eigenvalue weighted by Gasteiger charge is -2.51. The lowest BCUT2D eigenvalue weighted by atomic mass is 9.57. The van der Waals surface area contributed by atoms with Crippen molar-refractivity contribution in [2.75, 3.05) is 39.0 Å². The number of carbonyl (C=O) groups is 3. The summed E-state index contributed by atoms with van der Waals surface area (Å²) in [6.07, 6.45) is 0.741. The number of benzene rings is 1. The summed E-state index contributed by atoms with van der Waals surface area (Å²) in [6, 6.07) is -0.128. The van der Waals surface area contributed by atoms with Crippen LogP contribution in [0.2, 0.25) is 0 Å². The van der Waals surface area contributed by atoms with E-state index in [0.717, 1.165) is 25.6 Å². The summed E-state index contributed by atoms with van der Waals surface area (Å²) in [7, 11) is 3.10. The van der Waals surface area contributed by atoms with Gasteiger partial charge in [-0.1, -0.05) is 0 Å². The van der Waals surface area contributed by atoms with Crippen molar-refractivity contribution in [3.8, 4) is 5.75 Å². The van der Waals surface area contributed by atoms with E-state index in [0.29, 0.717) is 0 Å². The molecular weight excluding hydrogens is 513 g/mol. The molecule has 5 rings (SSSR count). The number of phenols is 1. The van der Waals surface area contributed by atoms with Crippen molar-refractivity contribution >= 4 is 34.8 Å². The van der Waals surface area contributed by atoms with Crippen molar-refractivity contribution in [3.05, 3.63) is 39.9 Å². The number of carbonyl (C=O) groups excluding carboxylic acids is 3. The van der Waals surface area contributed by atoms with E-state index in [2.05, 4.69) is 5.32 Å². The normalized spacial score (nSPS) is 28.6. The first-order valence-corrected chi connectivity index (χ1v) is 12.5. The van der Waals surface area contributed by atoms with Crippen molar-refractivity contribution in [1.29, 1.82) is 5.41 Å². The van der Waals surface area contributed by atoms with Gasteiger partial charge in [0, 0.05) is 23.1 Å². The number of nitrogens with zero attached hydrogens (tertiary/aromatic N) is 2. The lowest BCUT2D eigenvalue weighted by Crippen LogP contribution is -2.67. The van der Waals surface area contributed by atoms with Crippen molar-refractivity contribution < 1.29 is 39.2 Å². The number of aromatic hydroxyl groups is 1. The molecule has 0 bridgehead atoms. The minimum Gasteiger partial charge on any atom is -0.510 e. The average molecular weight is 544 g/mol. The van der Waals surface area contributed by atoms with Crippen LogP contribution < -0.4 is 11.1 Å². The largest absolute Gasteiger partial charge is 0.510 e. The van der Waals surface area contributed by atoms with Gasteiger partial charge in [0.25, 0.3) is 5.91 Å². The monoisotopic (exact) mass is 543 g/mol. The number of nitrogens with one attached hydrogen (secondary N) is 2. The van der Waals surface area contributed by atoms with Crippen LogP contribution >= 0.6 is 0 Å². The van der Waals surface area contributed by atoms with Crippen molar-refractivity contribution in [2.24, 2.45) is 17.6 Å².